The first kappa shape index (κ1) is 22.7. The zero-order valence-corrected chi connectivity index (χ0v) is 19.0. The maximum absolute atomic E-state index is 12.9. The Morgan fingerprint density at radius 1 is 1.09 bits per heavy atom. The van der Waals surface area contributed by atoms with Gasteiger partial charge in [-0.15, -0.1) is 0 Å². The molecule has 2 aromatic carbocycles. The molecule has 1 aliphatic rings. The number of rotatable bonds is 7. The van der Waals surface area contributed by atoms with Gasteiger partial charge in [0.15, 0.2) is 0 Å². The highest BCUT2D eigenvalue weighted by Gasteiger charge is 2.36. The van der Waals surface area contributed by atoms with E-state index in [4.69, 9.17) is 20.8 Å². The molecule has 1 aliphatic heterocycles. The summed E-state index contributed by atoms with van der Waals surface area (Å²) in [6.45, 7) is 0.234. The van der Waals surface area contributed by atoms with Gasteiger partial charge in [0.2, 0.25) is 5.76 Å². The van der Waals surface area contributed by atoms with E-state index in [9.17, 15) is 14.4 Å². The number of carbonyl (C=O) groups is 3. The fourth-order valence-electron chi connectivity index (χ4n) is 3.08. The Labute approximate surface area is 198 Å². The number of ether oxygens (including phenoxy) is 2. The lowest BCUT2D eigenvalue weighted by atomic mass is 10.1. The van der Waals surface area contributed by atoms with Gasteiger partial charge in [-0.2, -0.15) is 0 Å². The number of hydrogen-bond donors (Lipinski definition) is 0. The van der Waals surface area contributed by atoms with E-state index in [1.54, 1.807) is 30.3 Å². The number of carbonyl (C=O) groups excluding carboxylic acids is 3. The highest BCUT2D eigenvalue weighted by molar-refractivity contribution is 8.18. The normalized spacial score (nSPS) is 14.7. The summed E-state index contributed by atoms with van der Waals surface area (Å²) in [5, 5.41) is 0.216. The summed E-state index contributed by atoms with van der Waals surface area (Å²) in [5.41, 5.74) is 1.61. The van der Waals surface area contributed by atoms with Gasteiger partial charge in [0.1, 0.15) is 18.1 Å². The predicted molar refractivity (Wildman–Crippen MR) is 124 cm³/mol. The summed E-state index contributed by atoms with van der Waals surface area (Å²) in [6, 6.07) is 17.5. The zero-order valence-electron chi connectivity index (χ0n) is 17.4. The second kappa shape index (κ2) is 9.97. The van der Waals surface area contributed by atoms with Crippen LogP contribution in [-0.2, 0) is 22.7 Å². The van der Waals surface area contributed by atoms with Gasteiger partial charge in [0.05, 0.1) is 18.6 Å². The molecule has 33 heavy (non-hydrogen) atoms. The number of thioether (sulfide) groups is 1. The molecule has 4 rings (SSSR count). The molecular weight excluding hydrogens is 466 g/mol. The van der Waals surface area contributed by atoms with Gasteiger partial charge in [0, 0.05) is 10.6 Å². The van der Waals surface area contributed by atoms with Crippen LogP contribution in [0.4, 0.5) is 4.79 Å². The van der Waals surface area contributed by atoms with E-state index in [-0.39, 0.29) is 17.2 Å². The van der Waals surface area contributed by atoms with E-state index in [1.807, 2.05) is 24.3 Å². The third-order valence-electron chi connectivity index (χ3n) is 4.75. The molecule has 3 aromatic rings. The van der Waals surface area contributed by atoms with E-state index in [1.165, 1.54) is 19.2 Å². The first-order chi connectivity index (χ1) is 15.9. The SMILES string of the molecule is COC(=O)c1ccc(CN2C(=O)SC(=Cc3ccccc3OCc3ccc(Cl)cc3)C2=O)o1. The number of amides is 2. The number of esters is 1. The minimum atomic E-state index is -0.634. The standard InChI is InChI=1S/C24H18ClNO6S/c1-30-23(28)20-11-10-18(32-20)13-26-22(27)21(33-24(26)29)12-16-4-2-3-5-19(16)31-14-15-6-8-17(25)9-7-15/h2-12H,13-14H2,1H3. The van der Waals surface area contributed by atoms with Gasteiger partial charge in [-0.3, -0.25) is 14.5 Å². The Balaban J connectivity index is 1.48. The van der Waals surface area contributed by atoms with Crippen molar-refractivity contribution in [2.24, 2.45) is 0 Å². The average Bonchev–Trinajstić information content (AvgIpc) is 3.39. The largest absolute Gasteiger partial charge is 0.488 e. The number of imide groups is 1. The van der Waals surface area contributed by atoms with Crippen molar-refractivity contribution in [3.8, 4) is 5.75 Å². The van der Waals surface area contributed by atoms with Gasteiger partial charge >= 0.3 is 5.97 Å². The van der Waals surface area contributed by atoms with Crippen molar-refractivity contribution < 1.29 is 28.3 Å². The van der Waals surface area contributed by atoms with E-state index >= 15 is 0 Å². The maximum atomic E-state index is 12.9. The molecule has 1 aromatic heterocycles. The van der Waals surface area contributed by atoms with E-state index < -0.39 is 17.1 Å². The number of methoxy groups -OCH3 is 1. The van der Waals surface area contributed by atoms with Crippen LogP contribution in [0.1, 0.15) is 27.4 Å². The van der Waals surface area contributed by atoms with Crippen molar-refractivity contribution in [2.75, 3.05) is 7.11 Å². The molecule has 0 radical (unpaired) electrons. The zero-order chi connectivity index (χ0) is 23.4. The summed E-state index contributed by atoms with van der Waals surface area (Å²) in [6.07, 6.45) is 1.63. The van der Waals surface area contributed by atoms with Crippen molar-refractivity contribution in [3.05, 3.63) is 93.2 Å². The highest BCUT2D eigenvalue weighted by Crippen LogP contribution is 2.35. The first-order valence-corrected chi connectivity index (χ1v) is 11.0. The van der Waals surface area contributed by atoms with Gasteiger partial charge in [-0.25, -0.2) is 4.79 Å². The smallest absolute Gasteiger partial charge is 0.373 e. The molecule has 9 heteroatoms. The Kier molecular flexibility index (Phi) is 6.86. The molecule has 0 bridgehead atoms. The van der Waals surface area contributed by atoms with Crippen LogP contribution in [0.15, 0.2) is 70.0 Å². The molecule has 0 atom stereocenters. The van der Waals surface area contributed by atoms with Crippen molar-refractivity contribution in [1.29, 1.82) is 0 Å². The van der Waals surface area contributed by atoms with Crippen molar-refractivity contribution >= 4 is 46.6 Å². The van der Waals surface area contributed by atoms with Gasteiger partial charge in [-0.1, -0.05) is 41.9 Å². The number of furan rings is 1. The van der Waals surface area contributed by atoms with Crippen LogP contribution >= 0.6 is 23.4 Å². The summed E-state index contributed by atoms with van der Waals surface area (Å²) in [7, 11) is 1.24. The summed E-state index contributed by atoms with van der Waals surface area (Å²) in [4.78, 5) is 38.2. The lowest BCUT2D eigenvalue weighted by Crippen LogP contribution is -2.27. The molecule has 0 saturated carbocycles. The molecule has 2 heterocycles. The molecular formula is C24H18ClNO6S. The third kappa shape index (κ3) is 5.30. The highest BCUT2D eigenvalue weighted by atomic mass is 35.5. The lowest BCUT2D eigenvalue weighted by Gasteiger charge is -2.11. The molecule has 1 fully saturated rings. The molecule has 168 valence electrons. The molecule has 0 unspecified atom stereocenters. The van der Waals surface area contributed by atoms with Crippen LogP contribution in [0.2, 0.25) is 5.02 Å². The molecule has 7 nitrogen and oxygen atoms in total. The number of nitrogens with zero attached hydrogens (tertiary/aromatic N) is 1. The maximum Gasteiger partial charge on any atom is 0.373 e. The number of halogens is 1. The van der Waals surface area contributed by atoms with Crippen LogP contribution in [-0.4, -0.2) is 29.1 Å². The Morgan fingerprint density at radius 2 is 1.85 bits per heavy atom. The fraction of sp³-hybridized carbons (Fsp3) is 0.125. The number of hydrogen-bond acceptors (Lipinski definition) is 7. The monoisotopic (exact) mass is 483 g/mol. The van der Waals surface area contributed by atoms with Crippen molar-refractivity contribution in [2.45, 2.75) is 13.2 Å². The predicted octanol–water partition coefficient (Wildman–Crippen LogP) is 5.54. The fourth-order valence-corrected chi connectivity index (χ4v) is 4.03. The first-order valence-electron chi connectivity index (χ1n) is 9.83. The van der Waals surface area contributed by atoms with E-state index in [0.29, 0.717) is 28.7 Å². The molecule has 2 amide bonds. The van der Waals surface area contributed by atoms with Gasteiger partial charge in [-0.05, 0) is 53.7 Å². The third-order valence-corrected chi connectivity index (χ3v) is 5.91. The van der Waals surface area contributed by atoms with Crippen LogP contribution in [0, 0.1) is 0 Å². The molecule has 1 saturated heterocycles. The quantitative estimate of drug-likeness (QED) is 0.322. The number of para-hydroxylation sites is 1. The Morgan fingerprint density at radius 3 is 2.61 bits per heavy atom. The minimum absolute atomic E-state index is 0.00165. The topological polar surface area (TPSA) is 86.0 Å². The van der Waals surface area contributed by atoms with Crippen LogP contribution in [0.25, 0.3) is 6.08 Å². The Hall–Kier alpha value is -3.49. The van der Waals surface area contributed by atoms with Crippen LogP contribution < -0.4 is 4.74 Å². The van der Waals surface area contributed by atoms with Crippen LogP contribution in [0.5, 0.6) is 5.75 Å². The van der Waals surface area contributed by atoms with Crippen LogP contribution in [0.3, 0.4) is 0 Å². The summed E-state index contributed by atoms with van der Waals surface area (Å²) >= 11 is 6.75. The average molecular weight is 484 g/mol. The molecule has 0 spiro atoms. The van der Waals surface area contributed by atoms with Gasteiger partial charge in [0.25, 0.3) is 11.1 Å². The minimum Gasteiger partial charge on any atom is -0.488 e. The summed E-state index contributed by atoms with van der Waals surface area (Å²) < 4.78 is 15.9. The van der Waals surface area contributed by atoms with Gasteiger partial charge < -0.3 is 13.9 Å². The van der Waals surface area contributed by atoms with E-state index in [0.717, 1.165) is 22.2 Å². The molecule has 0 aliphatic carbocycles. The van der Waals surface area contributed by atoms with E-state index in [2.05, 4.69) is 4.74 Å². The second-order valence-electron chi connectivity index (χ2n) is 6.98. The Bertz CT molecular complexity index is 1230. The summed E-state index contributed by atoms with van der Waals surface area (Å²) in [5.74, 6) is -0.209. The molecule has 0 N–H and O–H groups in total. The lowest BCUT2D eigenvalue weighted by molar-refractivity contribution is -0.123. The van der Waals surface area contributed by atoms with Crippen molar-refractivity contribution in [1.82, 2.24) is 4.90 Å². The van der Waals surface area contributed by atoms with Crippen molar-refractivity contribution in [3.63, 3.8) is 0 Å². The second-order valence-corrected chi connectivity index (χ2v) is 8.41. The number of benzene rings is 2.